The minimum absolute atomic E-state index is 0.0949. The number of aromatic nitrogens is 3. The molecule has 1 aromatic heterocycles. The van der Waals surface area contributed by atoms with Crippen LogP contribution in [0.3, 0.4) is 0 Å². The first kappa shape index (κ1) is 17.9. The third-order valence-corrected chi connectivity index (χ3v) is 6.86. The first-order valence-electron chi connectivity index (χ1n) is 9.26. The second-order valence-corrected chi connectivity index (χ2v) is 8.52. The molecule has 7 heteroatoms. The average molecular weight is 391 g/mol. The van der Waals surface area contributed by atoms with E-state index in [4.69, 9.17) is 11.6 Å². The van der Waals surface area contributed by atoms with Crippen molar-refractivity contribution in [2.24, 2.45) is 11.8 Å². The monoisotopic (exact) mass is 390 g/mol. The van der Waals surface area contributed by atoms with Gasteiger partial charge in [0.05, 0.1) is 10.8 Å². The molecule has 0 unspecified atom stereocenters. The fourth-order valence-corrected chi connectivity index (χ4v) is 5.36. The normalized spacial score (nSPS) is 24.2. The van der Waals surface area contributed by atoms with Crippen LogP contribution < -0.4 is 5.32 Å². The molecular weight excluding hydrogens is 368 g/mol. The van der Waals surface area contributed by atoms with Crippen LogP contribution in [0.1, 0.15) is 32.6 Å². The molecule has 0 saturated heterocycles. The summed E-state index contributed by atoms with van der Waals surface area (Å²) in [6.07, 6.45) is 5.07. The van der Waals surface area contributed by atoms with Crippen molar-refractivity contribution >= 4 is 29.3 Å². The highest BCUT2D eigenvalue weighted by molar-refractivity contribution is 7.99. The molecule has 0 radical (unpaired) electrons. The second kappa shape index (κ2) is 7.61. The van der Waals surface area contributed by atoms with E-state index in [2.05, 4.69) is 15.5 Å². The molecule has 2 aromatic rings. The third-order valence-electron chi connectivity index (χ3n) is 5.56. The third kappa shape index (κ3) is 3.49. The maximum absolute atomic E-state index is 12.4. The highest BCUT2D eigenvalue weighted by atomic mass is 35.5. The minimum atomic E-state index is 0.0949. The number of nitrogens with one attached hydrogen (secondary N) is 1. The van der Waals surface area contributed by atoms with Gasteiger partial charge in [-0.05, 0) is 50.2 Å². The SMILES string of the molecule is CCn1c(SCC(=O)N[C@@H]2C[C@H]3CC[C@@H]2C3)nnc1-c1ccccc1Cl. The molecule has 2 saturated carbocycles. The molecule has 26 heavy (non-hydrogen) atoms. The van der Waals surface area contributed by atoms with E-state index in [-0.39, 0.29) is 5.91 Å². The molecule has 1 N–H and O–H groups in total. The molecule has 2 aliphatic carbocycles. The number of halogens is 1. The summed E-state index contributed by atoms with van der Waals surface area (Å²) in [5, 5.41) is 13.2. The first-order chi connectivity index (χ1) is 12.7. The Bertz CT molecular complexity index is 809. The van der Waals surface area contributed by atoms with E-state index >= 15 is 0 Å². The summed E-state index contributed by atoms with van der Waals surface area (Å²) >= 11 is 7.74. The fourth-order valence-electron chi connectivity index (χ4n) is 4.32. The topological polar surface area (TPSA) is 59.8 Å². The van der Waals surface area contributed by atoms with Crippen molar-refractivity contribution in [1.82, 2.24) is 20.1 Å². The van der Waals surface area contributed by atoms with Gasteiger partial charge >= 0.3 is 0 Å². The van der Waals surface area contributed by atoms with Gasteiger partial charge in [-0.25, -0.2) is 0 Å². The number of hydrogen-bond acceptors (Lipinski definition) is 4. The molecule has 2 aliphatic rings. The van der Waals surface area contributed by atoms with Gasteiger partial charge in [-0.1, -0.05) is 41.9 Å². The number of rotatable bonds is 6. The maximum Gasteiger partial charge on any atom is 0.230 e. The lowest BCUT2D eigenvalue weighted by atomic mass is 9.95. The van der Waals surface area contributed by atoms with E-state index in [0.29, 0.717) is 22.7 Å². The van der Waals surface area contributed by atoms with Gasteiger partial charge in [0.2, 0.25) is 5.91 Å². The number of nitrogens with zero attached hydrogens (tertiary/aromatic N) is 3. The van der Waals surface area contributed by atoms with Gasteiger partial charge in [-0.15, -0.1) is 10.2 Å². The Kier molecular flexibility index (Phi) is 5.23. The average Bonchev–Trinajstić information content (AvgIpc) is 3.35. The summed E-state index contributed by atoms with van der Waals surface area (Å²) in [5.41, 5.74) is 0.863. The molecule has 138 valence electrons. The highest BCUT2D eigenvalue weighted by Crippen LogP contribution is 2.44. The molecule has 1 aromatic carbocycles. The number of fused-ring (bicyclic) bond motifs is 2. The largest absolute Gasteiger partial charge is 0.352 e. The lowest BCUT2D eigenvalue weighted by molar-refractivity contribution is -0.119. The summed E-state index contributed by atoms with van der Waals surface area (Å²) in [6.45, 7) is 2.77. The summed E-state index contributed by atoms with van der Waals surface area (Å²) in [7, 11) is 0. The summed E-state index contributed by atoms with van der Waals surface area (Å²) < 4.78 is 2.01. The van der Waals surface area contributed by atoms with Crippen LogP contribution in [0.5, 0.6) is 0 Å². The summed E-state index contributed by atoms with van der Waals surface area (Å²) in [6, 6.07) is 8.00. The van der Waals surface area contributed by atoms with Gasteiger partial charge in [0.1, 0.15) is 0 Å². The van der Waals surface area contributed by atoms with Crippen LogP contribution in [-0.4, -0.2) is 32.5 Å². The Balaban J connectivity index is 1.41. The van der Waals surface area contributed by atoms with Crippen LogP contribution in [0.4, 0.5) is 0 Å². The molecule has 1 heterocycles. The predicted octanol–water partition coefficient (Wildman–Crippen LogP) is 4.02. The van der Waals surface area contributed by atoms with Crippen LogP contribution in [0.15, 0.2) is 29.4 Å². The van der Waals surface area contributed by atoms with E-state index in [1.165, 1.54) is 31.0 Å². The number of carbonyl (C=O) groups excluding carboxylic acids is 1. The number of hydrogen-bond donors (Lipinski definition) is 1. The molecule has 4 rings (SSSR count). The van der Waals surface area contributed by atoms with E-state index in [1.54, 1.807) is 0 Å². The number of benzene rings is 1. The Labute approximate surface area is 162 Å². The molecule has 1 amide bonds. The van der Waals surface area contributed by atoms with Crippen LogP contribution in [0.25, 0.3) is 11.4 Å². The predicted molar refractivity (Wildman–Crippen MR) is 104 cm³/mol. The Morgan fingerprint density at radius 3 is 2.85 bits per heavy atom. The van der Waals surface area contributed by atoms with Gasteiger partial charge in [-0.2, -0.15) is 0 Å². The van der Waals surface area contributed by atoms with Gasteiger partial charge < -0.3 is 9.88 Å². The van der Waals surface area contributed by atoms with Gasteiger partial charge in [0.15, 0.2) is 11.0 Å². The van der Waals surface area contributed by atoms with Gasteiger partial charge in [-0.3, -0.25) is 4.79 Å². The van der Waals surface area contributed by atoms with Crippen molar-refractivity contribution in [2.45, 2.75) is 50.4 Å². The smallest absolute Gasteiger partial charge is 0.230 e. The lowest BCUT2D eigenvalue weighted by Gasteiger charge is -2.22. The molecule has 0 aliphatic heterocycles. The number of thioether (sulfide) groups is 1. The highest BCUT2D eigenvalue weighted by Gasteiger charge is 2.40. The van der Waals surface area contributed by atoms with Crippen LogP contribution in [-0.2, 0) is 11.3 Å². The summed E-state index contributed by atoms with van der Waals surface area (Å²) in [4.78, 5) is 12.4. The zero-order valence-corrected chi connectivity index (χ0v) is 16.4. The van der Waals surface area contributed by atoms with Crippen LogP contribution in [0, 0.1) is 11.8 Å². The Morgan fingerprint density at radius 1 is 1.31 bits per heavy atom. The van der Waals surface area contributed by atoms with Crippen LogP contribution >= 0.6 is 23.4 Å². The first-order valence-corrected chi connectivity index (χ1v) is 10.6. The Hall–Kier alpha value is -1.53. The fraction of sp³-hybridized carbons (Fsp3) is 0.526. The van der Waals surface area contributed by atoms with Gasteiger partial charge in [0, 0.05) is 18.2 Å². The molecule has 2 bridgehead atoms. The molecular formula is C19H23ClN4OS. The Morgan fingerprint density at radius 2 is 2.15 bits per heavy atom. The van der Waals surface area contributed by atoms with Crippen molar-refractivity contribution < 1.29 is 4.79 Å². The summed E-state index contributed by atoms with van der Waals surface area (Å²) in [5.74, 6) is 2.74. The zero-order chi connectivity index (χ0) is 18.1. The maximum atomic E-state index is 12.4. The number of carbonyl (C=O) groups is 1. The minimum Gasteiger partial charge on any atom is -0.352 e. The van der Waals surface area contributed by atoms with Crippen molar-refractivity contribution in [2.75, 3.05) is 5.75 Å². The van der Waals surface area contributed by atoms with Crippen molar-refractivity contribution in [3.05, 3.63) is 29.3 Å². The van der Waals surface area contributed by atoms with Crippen molar-refractivity contribution in [3.8, 4) is 11.4 Å². The van der Waals surface area contributed by atoms with Gasteiger partial charge in [0.25, 0.3) is 0 Å². The van der Waals surface area contributed by atoms with Crippen molar-refractivity contribution in [3.63, 3.8) is 0 Å². The lowest BCUT2D eigenvalue weighted by Crippen LogP contribution is -2.39. The van der Waals surface area contributed by atoms with E-state index in [0.717, 1.165) is 35.4 Å². The van der Waals surface area contributed by atoms with Crippen LogP contribution in [0.2, 0.25) is 5.02 Å². The second-order valence-electron chi connectivity index (χ2n) is 7.17. The zero-order valence-electron chi connectivity index (χ0n) is 14.8. The van der Waals surface area contributed by atoms with E-state index in [1.807, 2.05) is 35.8 Å². The molecule has 5 nitrogen and oxygen atoms in total. The van der Waals surface area contributed by atoms with Crippen molar-refractivity contribution in [1.29, 1.82) is 0 Å². The quantitative estimate of drug-likeness (QED) is 0.757. The number of amides is 1. The molecule has 3 atom stereocenters. The van der Waals surface area contributed by atoms with E-state index in [9.17, 15) is 4.79 Å². The molecule has 2 fully saturated rings. The van der Waals surface area contributed by atoms with E-state index < -0.39 is 0 Å². The standard InChI is InChI=1S/C19H23ClN4OS/c1-2-24-18(14-5-3-4-6-15(14)20)22-23-19(24)26-11-17(25)21-16-10-12-7-8-13(16)9-12/h3-6,12-13,16H,2,7-11H2,1H3,(H,21,25)/t12-,13+,16+/m0/s1. The molecule has 0 spiro atoms.